The van der Waals surface area contributed by atoms with Crippen molar-refractivity contribution in [2.45, 2.75) is 45.1 Å². The van der Waals surface area contributed by atoms with Crippen LogP contribution in [0.1, 0.15) is 39.0 Å². The lowest BCUT2D eigenvalue weighted by Crippen LogP contribution is -2.25. The standard InChI is InChI=1S/C10H20N2O/c1-2-3-4-5-6-7-9(11)8-10(12)13/h6-7,9H,2-5,8,11H2,1H3,(H2,12,13)/b7-6+. The highest BCUT2D eigenvalue weighted by Crippen LogP contribution is 2.00. The van der Waals surface area contributed by atoms with Gasteiger partial charge in [0.15, 0.2) is 0 Å². The van der Waals surface area contributed by atoms with Gasteiger partial charge in [-0.3, -0.25) is 4.79 Å². The Kier molecular flexibility index (Phi) is 7.30. The van der Waals surface area contributed by atoms with E-state index in [1.807, 2.05) is 12.2 Å². The highest BCUT2D eigenvalue weighted by molar-refractivity contribution is 5.74. The van der Waals surface area contributed by atoms with Crippen molar-refractivity contribution in [2.75, 3.05) is 0 Å². The van der Waals surface area contributed by atoms with E-state index in [2.05, 4.69) is 6.92 Å². The lowest BCUT2D eigenvalue weighted by atomic mass is 10.1. The Balaban J connectivity index is 3.41. The van der Waals surface area contributed by atoms with Crippen molar-refractivity contribution in [3.8, 4) is 0 Å². The maximum atomic E-state index is 10.5. The summed E-state index contributed by atoms with van der Waals surface area (Å²) in [6.45, 7) is 2.17. The molecule has 13 heavy (non-hydrogen) atoms. The molecule has 4 N–H and O–H groups in total. The lowest BCUT2D eigenvalue weighted by molar-refractivity contribution is -0.118. The molecule has 3 heteroatoms. The second kappa shape index (κ2) is 7.80. The molecule has 0 spiro atoms. The van der Waals surface area contributed by atoms with E-state index in [-0.39, 0.29) is 18.4 Å². The van der Waals surface area contributed by atoms with E-state index in [9.17, 15) is 4.79 Å². The number of carbonyl (C=O) groups is 1. The number of nitrogens with two attached hydrogens (primary N) is 2. The molecular formula is C10H20N2O. The highest BCUT2D eigenvalue weighted by atomic mass is 16.1. The van der Waals surface area contributed by atoms with Crippen LogP contribution in [0.2, 0.25) is 0 Å². The molecular weight excluding hydrogens is 164 g/mol. The van der Waals surface area contributed by atoms with Gasteiger partial charge in [-0.15, -0.1) is 0 Å². The number of amides is 1. The molecule has 0 aromatic carbocycles. The van der Waals surface area contributed by atoms with Crippen LogP contribution in [0.3, 0.4) is 0 Å². The zero-order chi connectivity index (χ0) is 10.1. The summed E-state index contributed by atoms with van der Waals surface area (Å²) in [6, 6.07) is -0.209. The van der Waals surface area contributed by atoms with Crippen LogP contribution < -0.4 is 11.5 Å². The molecule has 0 aromatic heterocycles. The first-order valence-electron chi connectivity index (χ1n) is 4.87. The molecule has 0 fully saturated rings. The predicted molar refractivity (Wildman–Crippen MR) is 55.1 cm³/mol. The molecule has 0 aliphatic heterocycles. The molecule has 0 saturated heterocycles. The lowest BCUT2D eigenvalue weighted by Gasteiger charge is -2.01. The number of carbonyl (C=O) groups excluding carboxylic acids is 1. The van der Waals surface area contributed by atoms with Gasteiger partial charge in [-0.1, -0.05) is 31.9 Å². The van der Waals surface area contributed by atoms with E-state index in [0.29, 0.717) is 0 Å². The van der Waals surface area contributed by atoms with Crippen molar-refractivity contribution in [2.24, 2.45) is 11.5 Å². The van der Waals surface area contributed by atoms with Gasteiger partial charge in [0.25, 0.3) is 0 Å². The fraction of sp³-hybridized carbons (Fsp3) is 0.700. The number of hydrogen-bond acceptors (Lipinski definition) is 2. The summed E-state index contributed by atoms with van der Waals surface area (Å²) in [4.78, 5) is 10.5. The summed E-state index contributed by atoms with van der Waals surface area (Å²) in [5.74, 6) is -0.342. The van der Waals surface area contributed by atoms with Crippen LogP contribution in [-0.4, -0.2) is 11.9 Å². The van der Waals surface area contributed by atoms with E-state index >= 15 is 0 Å². The van der Waals surface area contributed by atoms with Crippen LogP contribution in [0, 0.1) is 0 Å². The maximum absolute atomic E-state index is 10.5. The summed E-state index contributed by atoms with van der Waals surface area (Å²) in [7, 11) is 0. The monoisotopic (exact) mass is 184 g/mol. The zero-order valence-electron chi connectivity index (χ0n) is 8.33. The molecule has 0 aliphatic carbocycles. The number of hydrogen-bond donors (Lipinski definition) is 2. The molecule has 0 aliphatic rings. The number of primary amides is 1. The zero-order valence-corrected chi connectivity index (χ0v) is 8.33. The molecule has 0 rings (SSSR count). The van der Waals surface area contributed by atoms with Gasteiger partial charge < -0.3 is 11.5 Å². The average Bonchev–Trinajstić information content (AvgIpc) is 2.02. The molecule has 1 unspecified atom stereocenters. The summed E-state index contributed by atoms with van der Waals surface area (Å²) in [5, 5.41) is 0. The molecule has 0 saturated carbocycles. The molecule has 1 atom stereocenters. The Morgan fingerprint density at radius 2 is 2.15 bits per heavy atom. The minimum Gasteiger partial charge on any atom is -0.370 e. The third-order valence-corrected chi connectivity index (χ3v) is 1.79. The van der Waals surface area contributed by atoms with Crippen molar-refractivity contribution in [1.82, 2.24) is 0 Å². The van der Waals surface area contributed by atoms with Crippen LogP contribution in [0.25, 0.3) is 0 Å². The summed E-state index contributed by atoms with van der Waals surface area (Å²) < 4.78 is 0. The second-order valence-electron chi connectivity index (χ2n) is 3.26. The van der Waals surface area contributed by atoms with Crippen molar-refractivity contribution < 1.29 is 4.79 Å². The molecule has 0 radical (unpaired) electrons. The molecule has 0 heterocycles. The fourth-order valence-electron chi connectivity index (χ4n) is 1.08. The van der Waals surface area contributed by atoms with Gasteiger partial charge in [-0.05, 0) is 12.8 Å². The van der Waals surface area contributed by atoms with Crippen LogP contribution in [0.15, 0.2) is 12.2 Å². The summed E-state index contributed by atoms with van der Waals surface area (Å²) in [5.41, 5.74) is 10.6. The van der Waals surface area contributed by atoms with E-state index in [1.165, 1.54) is 19.3 Å². The number of rotatable bonds is 7. The smallest absolute Gasteiger partial charge is 0.219 e. The third-order valence-electron chi connectivity index (χ3n) is 1.79. The summed E-state index contributed by atoms with van der Waals surface area (Å²) >= 11 is 0. The third kappa shape index (κ3) is 9.08. The van der Waals surface area contributed by atoms with E-state index in [0.717, 1.165) is 6.42 Å². The topological polar surface area (TPSA) is 69.1 Å². The molecule has 0 aromatic rings. The molecule has 76 valence electrons. The van der Waals surface area contributed by atoms with Crippen LogP contribution in [-0.2, 0) is 4.79 Å². The quantitative estimate of drug-likeness (QED) is 0.463. The van der Waals surface area contributed by atoms with Gasteiger partial charge in [0.05, 0.1) is 0 Å². The van der Waals surface area contributed by atoms with Gasteiger partial charge in [0.1, 0.15) is 0 Å². The Morgan fingerprint density at radius 1 is 1.46 bits per heavy atom. The van der Waals surface area contributed by atoms with Gasteiger partial charge in [0.2, 0.25) is 5.91 Å². The first kappa shape index (κ1) is 12.2. The number of allylic oxidation sites excluding steroid dienone is 1. The van der Waals surface area contributed by atoms with E-state index in [4.69, 9.17) is 11.5 Å². The van der Waals surface area contributed by atoms with Gasteiger partial charge >= 0.3 is 0 Å². The Hall–Kier alpha value is -0.830. The van der Waals surface area contributed by atoms with Crippen LogP contribution in [0.5, 0.6) is 0 Å². The van der Waals surface area contributed by atoms with Crippen molar-refractivity contribution in [3.63, 3.8) is 0 Å². The maximum Gasteiger partial charge on any atom is 0.219 e. The minimum atomic E-state index is -0.342. The Labute approximate surface area is 80.2 Å². The van der Waals surface area contributed by atoms with Gasteiger partial charge in [-0.2, -0.15) is 0 Å². The number of unbranched alkanes of at least 4 members (excludes halogenated alkanes) is 3. The largest absolute Gasteiger partial charge is 0.370 e. The van der Waals surface area contributed by atoms with E-state index in [1.54, 1.807) is 0 Å². The average molecular weight is 184 g/mol. The summed E-state index contributed by atoms with van der Waals surface area (Å²) in [6.07, 6.45) is 8.83. The van der Waals surface area contributed by atoms with E-state index < -0.39 is 0 Å². The normalized spacial score (nSPS) is 13.4. The van der Waals surface area contributed by atoms with Crippen LogP contribution in [0.4, 0.5) is 0 Å². The van der Waals surface area contributed by atoms with Crippen LogP contribution >= 0.6 is 0 Å². The minimum absolute atomic E-state index is 0.209. The predicted octanol–water partition coefficient (Wildman–Crippen LogP) is 1.33. The molecule has 3 nitrogen and oxygen atoms in total. The first-order valence-corrected chi connectivity index (χ1v) is 4.87. The van der Waals surface area contributed by atoms with Gasteiger partial charge in [0, 0.05) is 12.5 Å². The molecule has 1 amide bonds. The van der Waals surface area contributed by atoms with Crippen molar-refractivity contribution in [3.05, 3.63) is 12.2 Å². The highest BCUT2D eigenvalue weighted by Gasteiger charge is 2.00. The first-order chi connectivity index (χ1) is 6.16. The van der Waals surface area contributed by atoms with Gasteiger partial charge in [-0.25, -0.2) is 0 Å². The Bertz CT molecular complexity index is 166. The SMILES string of the molecule is CCCCC/C=C/C(N)CC(N)=O. The fourth-order valence-corrected chi connectivity index (χ4v) is 1.08. The van der Waals surface area contributed by atoms with Crippen molar-refractivity contribution >= 4 is 5.91 Å². The van der Waals surface area contributed by atoms with Crippen molar-refractivity contribution in [1.29, 1.82) is 0 Å². The second-order valence-corrected chi connectivity index (χ2v) is 3.26. The Morgan fingerprint density at radius 3 is 2.69 bits per heavy atom. The molecule has 0 bridgehead atoms.